The first kappa shape index (κ1) is 18.6. The predicted molar refractivity (Wildman–Crippen MR) is 90.6 cm³/mol. The molecule has 0 saturated heterocycles. The second-order valence-electron chi connectivity index (χ2n) is 4.34. The lowest BCUT2D eigenvalue weighted by Crippen LogP contribution is -1.86. The number of hydrogen-bond acceptors (Lipinski definition) is 3. The maximum absolute atomic E-state index is 9.81. The van der Waals surface area contributed by atoms with E-state index in [9.17, 15) is 9.90 Å². The minimum absolute atomic E-state index is 0.0523. The Bertz CT molecular complexity index is 608. The van der Waals surface area contributed by atoms with Crippen molar-refractivity contribution in [1.29, 1.82) is 0 Å². The van der Waals surface area contributed by atoms with E-state index in [1.54, 1.807) is 37.3 Å². The van der Waals surface area contributed by atoms with Gasteiger partial charge in [0.1, 0.15) is 11.5 Å². The molecule has 0 radical (unpaired) electrons. The van der Waals surface area contributed by atoms with E-state index in [0.29, 0.717) is 27.2 Å². The normalized spacial score (nSPS) is 9.68. The predicted octanol–water partition coefficient (Wildman–Crippen LogP) is 6.13. The Morgan fingerprint density at radius 1 is 1.05 bits per heavy atom. The fraction of sp³-hybridized carbons (Fsp3) is 0.188. The van der Waals surface area contributed by atoms with E-state index in [1.165, 1.54) is 6.07 Å². The third-order valence-electron chi connectivity index (χ3n) is 2.53. The number of halogens is 3. The second-order valence-corrected chi connectivity index (χ2v) is 5.62. The van der Waals surface area contributed by atoms with Gasteiger partial charge in [-0.25, -0.2) is 0 Å². The molecular weight excluding hydrogens is 347 g/mol. The van der Waals surface area contributed by atoms with Crippen molar-refractivity contribution in [2.75, 3.05) is 0 Å². The van der Waals surface area contributed by atoms with Gasteiger partial charge in [-0.3, -0.25) is 0 Å². The molecular formula is C16H15Cl3O3. The van der Waals surface area contributed by atoms with Gasteiger partial charge in [0, 0.05) is 22.5 Å². The van der Waals surface area contributed by atoms with Crippen LogP contribution in [0.3, 0.4) is 0 Å². The van der Waals surface area contributed by atoms with Crippen molar-refractivity contribution in [2.24, 2.45) is 0 Å². The number of benzene rings is 2. The van der Waals surface area contributed by atoms with E-state index in [-0.39, 0.29) is 17.3 Å². The largest absolute Gasteiger partial charge is 0.504 e. The lowest BCUT2D eigenvalue weighted by molar-refractivity contribution is -0.116. The van der Waals surface area contributed by atoms with E-state index >= 15 is 0 Å². The molecule has 0 bridgehead atoms. The van der Waals surface area contributed by atoms with Crippen molar-refractivity contribution in [3.8, 4) is 17.2 Å². The van der Waals surface area contributed by atoms with Gasteiger partial charge in [-0.1, -0.05) is 41.7 Å². The Hall–Kier alpha value is -1.42. The van der Waals surface area contributed by atoms with E-state index in [4.69, 9.17) is 39.5 Å². The molecule has 6 heteroatoms. The van der Waals surface area contributed by atoms with Crippen LogP contribution in [0.25, 0.3) is 0 Å². The van der Waals surface area contributed by atoms with Crippen LogP contribution >= 0.6 is 34.8 Å². The number of ether oxygens (including phenoxy) is 1. The summed E-state index contributed by atoms with van der Waals surface area (Å²) in [4.78, 5) is 9.81. The Morgan fingerprint density at radius 2 is 1.55 bits per heavy atom. The number of hydrogen-bond donors (Lipinski definition) is 1. The molecule has 1 N–H and O–H groups in total. The molecule has 0 aromatic heterocycles. The number of aromatic hydroxyl groups is 1. The van der Waals surface area contributed by atoms with E-state index in [0.717, 1.165) is 0 Å². The zero-order chi connectivity index (χ0) is 16.7. The van der Waals surface area contributed by atoms with Gasteiger partial charge < -0.3 is 14.6 Å². The number of carbonyl (C=O) groups is 1. The number of carbonyl (C=O) groups excluding carboxylic acids is 1. The molecule has 2 rings (SSSR count). The monoisotopic (exact) mass is 360 g/mol. The zero-order valence-electron chi connectivity index (χ0n) is 12.1. The van der Waals surface area contributed by atoms with Crippen molar-refractivity contribution in [3.05, 3.63) is 51.5 Å². The highest BCUT2D eigenvalue weighted by molar-refractivity contribution is 6.35. The van der Waals surface area contributed by atoms with Crippen molar-refractivity contribution >= 4 is 40.6 Å². The van der Waals surface area contributed by atoms with Gasteiger partial charge >= 0.3 is 0 Å². The van der Waals surface area contributed by atoms with Crippen molar-refractivity contribution < 1.29 is 14.6 Å². The summed E-state index contributed by atoms with van der Waals surface area (Å²) < 4.78 is 5.45. The summed E-state index contributed by atoms with van der Waals surface area (Å²) in [5.74, 6) is 0.890. The summed E-state index contributed by atoms with van der Waals surface area (Å²) in [7, 11) is 0. The fourth-order valence-corrected chi connectivity index (χ4v) is 1.87. The van der Waals surface area contributed by atoms with Crippen molar-refractivity contribution in [3.63, 3.8) is 0 Å². The van der Waals surface area contributed by atoms with Crippen molar-refractivity contribution in [1.82, 2.24) is 0 Å². The van der Waals surface area contributed by atoms with E-state index < -0.39 is 0 Å². The molecule has 118 valence electrons. The zero-order valence-corrected chi connectivity index (χ0v) is 14.3. The van der Waals surface area contributed by atoms with Crippen LogP contribution in [0, 0.1) is 0 Å². The SMILES string of the molecule is CCC(C)=O.Oc1cc(Cl)ccc1Oc1ccc(Cl)cc1Cl. The van der Waals surface area contributed by atoms with Gasteiger partial charge in [-0.15, -0.1) is 0 Å². The molecule has 0 saturated carbocycles. The van der Waals surface area contributed by atoms with Gasteiger partial charge in [0.25, 0.3) is 0 Å². The van der Waals surface area contributed by atoms with Gasteiger partial charge in [0.05, 0.1) is 5.02 Å². The topological polar surface area (TPSA) is 46.5 Å². The molecule has 0 heterocycles. The summed E-state index contributed by atoms with van der Waals surface area (Å²) in [6.45, 7) is 3.43. The van der Waals surface area contributed by atoms with Gasteiger partial charge in [-0.05, 0) is 37.3 Å². The van der Waals surface area contributed by atoms with E-state index in [1.807, 2.05) is 6.92 Å². The quantitative estimate of drug-likeness (QED) is 0.715. The number of phenols is 1. The van der Waals surface area contributed by atoms with Crippen LogP contribution in [0.15, 0.2) is 36.4 Å². The van der Waals surface area contributed by atoms with Crippen LogP contribution in [0.4, 0.5) is 0 Å². The molecule has 0 unspecified atom stereocenters. The highest BCUT2D eigenvalue weighted by Gasteiger charge is 2.08. The van der Waals surface area contributed by atoms with Crippen LogP contribution in [-0.2, 0) is 4.79 Å². The minimum atomic E-state index is -0.0523. The molecule has 0 amide bonds. The molecule has 0 aliphatic rings. The third kappa shape index (κ3) is 6.14. The third-order valence-corrected chi connectivity index (χ3v) is 3.30. The summed E-state index contributed by atoms with van der Waals surface area (Å²) in [6, 6.07) is 9.39. The van der Waals surface area contributed by atoms with Gasteiger partial charge in [0.15, 0.2) is 11.5 Å². The Labute approximate surface area is 144 Å². The molecule has 0 fully saturated rings. The number of rotatable bonds is 3. The van der Waals surface area contributed by atoms with Crippen LogP contribution < -0.4 is 4.74 Å². The van der Waals surface area contributed by atoms with Crippen LogP contribution in [0.2, 0.25) is 15.1 Å². The first-order valence-corrected chi connectivity index (χ1v) is 7.57. The number of Topliss-reactive ketones (excluding diaryl/α,β-unsaturated/α-hetero) is 1. The summed E-state index contributed by atoms with van der Waals surface area (Å²) >= 11 is 17.4. The van der Waals surface area contributed by atoms with Gasteiger partial charge in [0.2, 0.25) is 0 Å². The summed E-state index contributed by atoms with van der Waals surface area (Å²) in [5.41, 5.74) is 0. The lowest BCUT2D eigenvalue weighted by atomic mass is 10.3. The van der Waals surface area contributed by atoms with Crippen LogP contribution in [0.5, 0.6) is 17.2 Å². The number of phenolic OH excluding ortho intramolecular Hbond substituents is 1. The average molecular weight is 362 g/mol. The van der Waals surface area contributed by atoms with Gasteiger partial charge in [-0.2, -0.15) is 0 Å². The Balaban J connectivity index is 0.000000422. The molecule has 2 aromatic rings. The molecule has 22 heavy (non-hydrogen) atoms. The van der Waals surface area contributed by atoms with Crippen molar-refractivity contribution in [2.45, 2.75) is 20.3 Å². The average Bonchev–Trinajstić information content (AvgIpc) is 2.45. The molecule has 0 aliphatic heterocycles. The Kier molecular flexibility index (Phi) is 7.52. The highest BCUT2D eigenvalue weighted by Crippen LogP contribution is 2.36. The highest BCUT2D eigenvalue weighted by atomic mass is 35.5. The standard InChI is InChI=1S/C12H7Cl3O2.C4H8O/c13-7-1-3-11(9(15)5-7)17-12-4-2-8(14)6-10(12)16;1-3-4(2)5/h1-6,16H;3H2,1-2H3. The maximum atomic E-state index is 9.81. The first-order valence-electron chi connectivity index (χ1n) is 6.44. The van der Waals surface area contributed by atoms with Crippen LogP contribution in [0.1, 0.15) is 20.3 Å². The Morgan fingerprint density at radius 3 is 2.00 bits per heavy atom. The molecule has 3 nitrogen and oxygen atoms in total. The molecule has 2 aromatic carbocycles. The summed E-state index contributed by atoms with van der Waals surface area (Å²) in [6.07, 6.45) is 0.667. The second kappa shape index (κ2) is 8.89. The molecule has 0 aliphatic carbocycles. The first-order chi connectivity index (χ1) is 10.3. The van der Waals surface area contributed by atoms with Crippen LogP contribution in [-0.4, -0.2) is 10.9 Å². The fourth-order valence-electron chi connectivity index (χ4n) is 1.25. The minimum Gasteiger partial charge on any atom is -0.504 e. The number of ketones is 1. The lowest BCUT2D eigenvalue weighted by Gasteiger charge is -2.09. The smallest absolute Gasteiger partial charge is 0.169 e. The molecule has 0 spiro atoms. The molecule has 0 atom stereocenters. The summed E-state index contributed by atoms with van der Waals surface area (Å²) in [5, 5.41) is 10.9. The van der Waals surface area contributed by atoms with E-state index in [2.05, 4.69) is 0 Å². The maximum Gasteiger partial charge on any atom is 0.169 e.